The van der Waals surface area contributed by atoms with Crippen molar-refractivity contribution < 1.29 is 149 Å². The minimum absolute atomic E-state index is 0.0193. The van der Waals surface area contributed by atoms with Gasteiger partial charge < -0.3 is 149 Å². The lowest BCUT2D eigenvalue weighted by Gasteiger charge is -2.29. The molecular weight excluding hydrogens is 1660 g/mol. The Bertz CT molecular complexity index is 4230. The molecule has 30 heteroatoms. The van der Waals surface area contributed by atoms with Crippen LogP contribution in [-0.2, 0) is 189 Å². The molecule has 9 rings (SSSR count). The third-order valence-electron chi connectivity index (χ3n) is 21.4. The molecule has 30 nitrogen and oxygen atoms in total. The summed E-state index contributed by atoms with van der Waals surface area (Å²) >= 11 is 0. The van der Waals surface area contributed by atoms with Crippen LogP contribution < -0.4 is 0 Å². The number of phenolic OH excluding ortho intramolecular Hbond substituents is 10. The molecule has 706 valence electrons. The summed E-state index contributed by atoms with van der Waals surface area (Å²) in [5.41, 5.74) is 18.8. The fourth-order valence-corrected chi connectivity index (χ4v) is 15.1. The molecule has 0 aliphatic rings. The molecule has 0 atom stereocenters. The van der Waals surface area contributed by atoms with Crippen molar-refractivity contribution in [3.8, 4) is 79.7 Å². The maximum absolute atomic E-state index is 10.5. The molecule has 128 heavy (non-hydrogen) atoms. The van der Waals surface area contributed by atoms with Crippen LogP contribution in [-0.4, -0.2) is 239 Å². The van der Waals surface area contributed by atoms with Crippen LogP contribution in [0.25, 0.3) is 22.3 Å². The monoisotopic (exact) mass is 1790 g/mol. The van der Waals surface area contributed by atoms with Crippen molar-refractivity contribution >= 4 is 0 Å². The van der Waals surface area contributed by atoms with Gasteiger partial charge in [0.25, 0.3) is 0 Å². The van der Waals surface area contributed by atoms with Crippen molar-refractivity contribution in [2.45, 2.75) is 156 Å². The van der Waals surface area contributed by atoms with E-state index < -0.39 is 5.41 Å². The second kappa shape index (κ2) is 56.6. The van der Waals surface area contributed by atoms with Crippen LogP contribution in [0.15, 0.2) is 97.1 Å². The van der Waals surface area contributed by atoms with Crippen LogP contribution in [0.3, 0.4) is 0 Å². The summed E-state index contributed by atoms with van der Waals surface area (Å²) < 4.78 is 51.6. The Balaban J connectivity index is 0.000000285. The summed E-state index contributed by atoms with van der Waals surface area (Å²) in [6.07, 6.45) is 3.55. The van der Waals surface area contributed by atoms with Crippen LogP contribution in [0.4, 0.5) is 0 Å². The lowest BCUT2D eigenvalue weighted by molar-refractivity contribution is 0.163. The molecule has 0 aromatic heterocycles. The quantitative estimate of drug-likeness (QED) is 0.0158. The molecule has 9 aromatic carbocycles. The van der Waals surface area contributed by atoms with E-state index in [1.54, 1.807) is 56.9 Å². The van der Waals surface area contributed by atoms with E-state index >= 15 is 0 Å². The van der Waals surface area contributed by atoms with Gasteiger partial charge in [-0.1, -0.05) is 38.1 Å². The fourth-order valence-electron chi connectivity index (χ4n) is 15.1. The molecule has 0 saturated heterocycles. The SMILES string of the molecule is COCc1c(O)c(CCO)c(CCO)c(O)c1COC.COCc1cc(-c2cc(CCO)c(O)c(CCO)c2)cc(COC)c1O.COCc1cc(-c2cc(CCO)c(O)c(CCO)c2)cc(COC)c1O.COCc1cc(C(C)(C)c2cc(CCO)c(O)c(CCO)c2)cc(COC)c1O.COCc1cc(Cc2cc(CCO)c(O)c(CCO)c2)cc(COC)c1O. The van der Waals surface area contributed by atoms with E-state index in [2.05, 4.69) is 13.8 Å². The highest BCUT2D eigenvalue weighted by molar-refractivity contribution is 5.72. The Morgan fingerprint density at radius 3 is 0.547 bits per heavy atom. The molecule has 20 N–H and O–H groups in total. The summed E-state index contributed by atoms with van der Waals surface area (Å²) in [6, 6.07) is 29.7. The summed E-state index contributed by atoms with van der Waals surface area (Å²) in [4.78, 5) is 0. The van der Waals surface area contributed by atoms with Crippen molar-refractivity contribution in [3.05, 3.63) is 231 Å². The van der Waals surface area contributed by atoms with E-state index in [9.17, 15) is 91.9 Å². The van der Waals surface area contributed by atoms with Gasteiger partial charge in [-0.3, -0.25) is 0 Å². The minimum atomic E-state index is -0.471. The zero-order valence-electron chi connectivity index (χ0n) is 75.7. The number of hydrogen-bond acceptors (Lipinski definition) is 30. The maximum Gasteiger partial charge on any atom is 0.126 e. The van der Waals surface area contributed by atoms with Gasteiger partial charge in [0.05, 0.1) is 66.1 Å². The van der Waals surface area contributed by atoms with Crippen LogP contribution >= 0.6 is 0 Å². The van der Waals surface area contributed by atoms with E-state index in [0.717, 1.165) is 44.5 Å². The molecule has 0 aliphatic carbocycles. The van der Waals surface area contributed by atoms with Crippen molar-refractivity contribution in [1.29, 1.82) is 0 Å². The average molecular weight is 1790 g/mol. The smallest absolute Gasteiger partial charge is 0.126 e. The highest BCUT2D eigenvalue weighted by Crippen LogP contribution is 2.44. The Kier molecular flexibility index (Phi) is 48.1. The van der Waals surface area contributed by atoms with Crippen molar-refractivity contribution in [2.75, 3.05) is 137 Å². The predicted molar refractivity (Wildman–Crippen MR) is 483 cm³/mol. The highest BCUT2D eigenvalue weighted by atomic mass is 16.5. The van der Waals surface area contributed by atoms with Gasteiger partial charge in [0.15, 0.2) is 0 Å². The number of aliphatic hydroxyl groups is 10. The molecule has 0 heterocycles. The van der Waals surface area contributed by atoms with E-state index in [1.807, 2.05) is 97.1 Å². The van der Waals surface area contributed by atoms with Gasteiger partial charge in [-0.2, -0.15) is 0 Å². The van der Waals surface area contributed by atoms with E-state index in [1.165, 1.54) is 14.2 Å². The van der Waals surface area contributed by atoms with Crippen molar-refractivity contribution in [3.63, 3.8) is 0 Å². The summed E-state index contributed by atoms with van der Waals surface area (Å²) in [6.45, 7) is 5.52. The Hall–Kier alpha value is -9.82. The Labute approximate surface area is 749 Å². The minimum Gasteiger partial charge on any atom is -0.507 e. The largest absolute Gasteiger partial charge is 0.507 e. The van der Waals surface area contributed by atoms with Crippen molar-refractivity contribution in [1.82, 2.24) is 0 Å². The molecule has 0 spiro atoms. The van der Waals surface area contributed by atoms with Crippen molar-refractivity contribution in [2.24, 2.45) is 0 Å². The molecule has 0 aliphatic heterocycles. The lowest BCUT2D eigenvalue weighted by atomic mass is 9.75. The van der Waals surface area contributed by atoms with Gasteiger partial charge in [0.2, 0.25) is 0 Å². The van der Waals surface area contributed by atoms with E-state index in [0.29, 0.717) is 169 Å². The Morgan fingerprint density at radius 1 is 0.188 bits per heavy atom. The van der Waals surface area contributed by atoms with Crippen LogP contribution in [0.1, 0.15) is 147 Å². The first-order chi connectivity index (χ1) is 61.5. The summed E-state index contributed by atoms with van der Waals surface area (Å²) in [5, 5.41) is 196. The lowest BCUT2D eigenvalue weighted by Crippen LogP contribution is -2.21. The molecule has 0 amide bonds. The zero-order valence-corrected chi connectivity index (χ0v) is 75.7. The third-order valence-corrected chi connectivity index (χ3v) is 21.4. The predicted octanol–water partition coefficient (Wildman–Crippen LogP) is 9.55. The van der Waals surface area contributed by atoms with Gasteiger partial charge in [-0.25, -0.2) is 0 Å². The van der Waals surface area contributed by atoms with E-state index in [-0.39, 0.29) is 202 Å². The van der Waals surface area contributed by atoms with E-state index in [4.69, 9.17) is 57.6 Å². The first kappa shape index (κ1) is 109. The molecule has 0 unspecified atom stereocenters. The number of methoxy groups -OCH3 is 10. The van der Waals surface area contributed by atoms with Crippen LogP contribution in [0, 0.1) is 0 Å². The number of benzene rings is 9. The van der Waals surface area contributed by atoms with Gasteiger partial charge in [0.1, 0.15) is 57.5 Å². The normalized spacial score (nSPS) is 11.2. The average Bonchev–Trinajstić information content (AvgIpc) is 0.790. The third kappa shape index (κ3) is 30.1. The summed E-state index contributed by atoms with van der Waals surface area (Å²) in [5.74, 6) is 1.05. The standard InChI is InChI=1S/C23H32O6.C21H28O6.2C20H26O6.C14H22O6/c1-23(2,19-9-15(5-7-24)21(26)16(10-19)6-8-25)20-11-17(13-28-3)22(27)18(12-20)14-29-4;1-26-12-18-10-15(11-19(13-27-2)21(18)25)7-14-8-16(3-5-22)20(24)17(9-14)4-6-23;2*1-25-11-17-9-16(10-18(12-26-2)20(17)24)15-7-13(3-5-21)19(23)14(8-15)4-6-22;1-19-7-11-12(8-20-2)14(18)10(4-6-16)9(3-5-15)13(11)17/h9-12,24-27H,5-8,13-14H2,1-4H3;8-11,22-25H,3-7,12-13H2,1-2H3;2*7-10,21-24H,3-6,11-12H2,1-2H3;15-18H,3-8H2,1-2H3. The molecule has 0 radical (unpaired) electrons. The summed E-state index contributed by atoms with van der Waals surface area (Å²) in [7, 11) is 15.5. The van der Waals surface area contributed by atoms with Crippen LogP contribution in [0.2, 0.25) is 0 Å². The molecule has 9 aromatic rings. The molecule has 0 saturated carbocycles. The molecule has 0 fully saturated rings. The molecular formula is C98H134O30. The second-order valence-electron chi connectivity index (χ2n) is 30.9. The first-order valence-electron chi connectivity index (χ1n) is 41.9. The number of ether oxygens (including phenoxy) is 10. The van der Waals surface area contributed by atoms with Crippen LogP contribution in [0.5, 0.6) is 57.5 Å². The van der Waals surface area contributed by atoms with Gasteiger partial charge >= 0.3 is 0 Å². The highest BCUT2D eigenvalue weighted by Gasteiger charge is 2.30. The Morgan fingerprint density at radius 2 is 0.344 bits per heavy atom. The topological polar surface area (TPSA) is 497 Å². The number of aromatic hydroxyl groups is 10. The fraction of sp³-hybridized carbons (Fsp3) is 0.449. The van der Waals surface area contributed by atoms with Gasteiger partial charge in [-0.15, -0.1) is 0 Å². The maximum atomic E-state index is 10.5. The molecule has 0 bridgehead atoms. The van der Waals surface area contributed by atoms with Gasteiger partial charge in [-0.05, 0) is 232 Å². The number of phenols is 10. The number of rotatable bonds is 46. The first-order valence-corrected chi connectivity index (χ1v) is 41.9. The number of aliphatic hydroxyl groups excluding tert-OH is 10. The second-order valence-corrected chi connectivity index (χ2v) is 30.9. The number of hydrogen-bond donors (Lipinski definition) is 20. The van der Waals surface area contributed by atoms with Gasteiger partial charge in [0, 0.05) is 209 Å². The zero-order chi connectivity index (χ0) is 94.7.